The molecule has 0 atom stereocenters. The molecule has 1 aromatic carbocycles. The Bertz CT molecular complexity index is 435. The number of carbonyl (C=O) groups is 1. The van der Waals surface area contributed by atoms with Crippen LogP contribution in [0.1, 0.15) is 50.9 Å². The molecule has 3 heteroatoms. The van der Waals surface area contributed by atoms with Gasteiger partial charge in [0.15, 0.2) is 0 Å². The van der Waals surface area contributed by atoms with Crippen molar-refractivity contribution in [3.05, 3.63) is 35.9 Å². The highest BCUT2D eigenvalue weighted by atomic mass is 16.1. The molecule has 2 N–H and O–H groups in total. The number of carbonyl (C=O) groups excluding carboxylic acids is 1. The highest BCUT2D eigenvalue weighted by Gasteiger charge is 2.38. The van der Waals surface area contributed by atoms with Gasteiger partial charge in [-0.1, -0.05) is 12.1 Å². The molecule has 0 saturated carbocycles. The summed E-state index contributed by atoms with van der Waals surface area (Å²) in [6.45, 7) is 8.74. The van der Waals surface area contributed by atoms with Crippen LogP contribution < -0.4 is 10.6 Å². The van der Waals surface area contributed by atoms with Crippen molar-refractivity contribution in [2.45, 2.75) is 57.7 Å². The fourth-order valence-electron chi connectivity index (χ4n) is 3.23. The van der Waals surface area contributed by atoms with Crippen LogP contribution in [-0.4, -0.2) is 23.0 Å². The Balaban J connectivity index is 2.05. The smallest absolute Gasteiger partial charge is 0.251 e. The molecular formula is C16H23N2O. The number of hydrogen-bond acceptors (Lipinski definition) is 2. The van der Waals surface area contributed by atoms with Gasteiger partial charge in [0.1, 0.15) is 0 Å². The van der Waals surface area contributed by atoms with E-state index >= 15 is 0 Å². The molecule has 1 radical (unpaired) electrons. The molecule has 0 aromatic heterocycles. The van der Waals surface area contributed by atoms with Crippen molar-refractivity contribution in [3.8, 4) is 0 Å². The van der Waals surface area contributed by atoms with Crippen molar-refractivity contribution in [2.24, 2.45) is 0 Å². The first-order valence-electron chi connectivity index (χ1n) is 6.84. The predicted octanol–water partition coefficient (Wildman–Crippen LogP) is 2.53. The lowest BCUT2D eigenvalue weighted by Gasteiger charge is -2.46. The Morgan fingerprint density at radius 2 is 1.74 bits per heavy atom. The number of amides is 1. The second-order valence-electron chi connectivity index (χ2n) is 6.76. The second kappa shape index (κ2) is 4.97. The Labute approximate surface area is 115 Å². The van der Waals surface area contributed by atoms with Crippen LogP contribution in [0.3, 0.4) is 0 Å². The van der Waals surface area contributed by atoms with Crippen molar-refractivity contribution in [2.75, 3.05) is 0 Å². The average Bonchev–Trinajstić information content (AvgIpc) is 2.25. The van der Waals surface area contributed by atoms with E-state index in [-0.39, 0.29) is 23.0 Å². The molecule has 0 aliphatic carbocycles. The van der Waals surface area contributed by atoms with Crippen LogP contribution in [0.25, 0.3) is 0 Å². The molecule has 1 saturated heterocycles. The highest BCUT2D eigenvalue weighted by Crippen LogP contribution is 2.28. The molecule has 1 aliphatic rings. The Morgan fingerprint density at radius 3 is 2.26 bits per heavy atom. The maximum Gasteiger partial charge on any atom is 0.251 e. The number of rotatable bonds is 2. The van der Waals surface area contributed by atoms with E-state index in [9.17, 15) is 4.79 Å². The molecule has 0 bridgehead atoms. The molecular weight excluding hydrogens is 236 g/mol. The van der Waals surface area contributed by atoms with Gasteiger partial charge in [0, 0.05) is 22.7 Å². The minimum atomic E-state index is 0.00694. The average molecular weight is 259 g/mol. The summed E-state index contributed by atoms with van der Waals surface area (Å²) in [7, 11) is 0. The Morgan fingerprint density at radius 1 is 1.21 bits per heavy atom. The summed E-state index contributed by atoms with van der Waals surface area (Å²) in [5.74, 6) is 0.00694. The quantitative estimate of drug-likeness (QED) is 0.857. The van der Waals surface area contributed by atoms with Gasteiger partial charge < -0.3 is 10.6 Å². The van der Waals surface area contributed by atoms with Gasteiger partial charge in [-0.05, 0) is 58.7 Å². The van der Waals surface area contributed by atoms with E-state index in [0.717, 1.165) is 12.8 Å². The van der Waals surface area contributed by atoms with Crippen LogP contribution in [0.5, 0.6) is 0 Å². The van der Waals surface area contributed by atoms with Crippen molar-refractivity contribution in [1.82, 2.24) is 10.6 Å². The van der Waals surface area contributed by atoms with Crippen LogP contribution in [0.4, 0.5) is 0 Å². The molecule has 103 valence electrons. The highest BCUT2D eigenvalue weighted by molar-refractivity contribution is 5.94. The van der Waals surface area contributed by atoms with Gasteiger partial charge in [-0.15, -0.1) is 0 Å². The Kier molecular flexibility index (Phi) is 3.68. The summed E-state index contributed by atoms with van der Waals surface area (Å²) in [6, 6.07) is 10.3. The number of hydrogen-bond donors (Lipinski definition) is 2. The van der Waals surface area contributed by atoms with E-state index in [1.54, 1.807) is 24.3 Å². The molecule has 1 amide bonds. The van der Waals surface area contributed by atoms with Crippen molar-refractivity contribution in [1.29, 1.82) is 0 Å². The molecule has 0 unspecified atom stereocenters. The first kappa shape index (κ1) is 14.1. The first-order valence-corrected chi connectivity index (χ1v) is 6.84. The zero-order valence-corrected chi connectivity index (χ0v) is 12.2. The predicted molar refractivity (Wildman–Crippen MR) is 77.1 cm³/mol. The van der Waals surface area contributed by atoms with Gasteiger partial charge in [0.05, 0.1) is 0 Å². The zero-order valence-electron chi connectivity index (χ0n) is 12.2. The third-order valence-corrected chi connectivity index (χ3v) is 3.51. The molecule has 1 aromatic rings. The number of benzene rings is 1. The third kappa shape index (κ3) is 3.80. The molecule has 3 nitrogen and oxygen atoms in total. The SMILES string of the molecule is CC1(C)CC(NC(=O)c2cc[c]cc2)CC(C)(C)N1. The lowest BCUT2D eigenvalue weighted by Crippen LogP contribution is -2.62. The van der Waals surface area contributed by atoms with Crippen LogP contribution in [0, 0.1) is 6.07 Å². The van der Waals surface area contributed by atoms with E-state index in [1.165, 1.54) is 0 Å². The molecule has 1 aliphatic heterocycles. The third-order valence-electron chi connectivity index (χ3n) is 3.51. The van der Waals surface area contributed by atoms with Gasteiger partial charge in [0.2, 0.25) is 0 Å². The van der Waals surface area contributed by atoms with E-state index in [0.29, 0.717) is 5.56 Å². The van der Waals surface area contributed by atoms with E-state index in [4.69, 9.17) is 0 Å². The summed E-state index contributed by atoms with van der Waals surface area (Å²) >= 11 is 0. The molecule has 1 heterocycles. The monoisotopic (exact) mass is 259 g/mol. The zero-order chi connectivity index (χ0) is 14.1. The van der Waals surface area contributed by atoms with Crippen LogP contribution >= 0.6 is 0 Å². The normalized spacial score (nSPS) is 21.9. The van der Waals surface area contributed by atoms with Crippen LogP contribution in [0.15, 0.2) is 24.3 Å². The van der Waals surface area contributed by atoms with Crippen molar-refractivity contribution in [3.63, 3.8) is 0 Å². The number of piperidine rings is 1. The van der Waals surface area contributed by atoms with Gasteiger partial charge >= 0.3 is 0 Å². The second-order valence-corrected chi connectivity index (χ2v) is 6.76. The van der Waals surface area contributed by atoms with E-state index < -0.39 is 0 Å². The summed E-state index contributed by atoms with van der Waals surface area (Å²) in [5, 5.41) is 6.77. The van der Waals surface area contributed by atoms with Gasteiger partial charge in [-0.25, -0.2) is 0 Å². The Hall–Kier alpha value is -1.35. The first-order chi connectivity index (χ1) is 8.77. The fourth-order valence-corrected chi connectivity index (χ4v) is 3.23. The minimum absolute atomic E-state index is 0.00694. The number of nitrogens with one attached hydrogen (secondary N) is 2. The maximum absolute atomic E-state index is 12.2. The van der Waals surface area contributed by atoms with Gasteiger partial charge in [-0.3, -0.25) is 4.79 Å². The minimum Gasteiger partial charge on any atom is -0.349 e. The summed E-state index contributed by atoms with van der Waals surface area (Å²) in [4.78, 5) is 12.2. The van der Waals surface area contributed by atoms with Crippen LogP contribution in [0.2, 0.25) is 0 Å². The standard InChI is InChI=1S/C16H23N2O/c1-15(2)10-13(11-16(3,4)18-15)17-14(19)12-8-6-5-7-9-12/h6-9,13,18H,10-11H2,1-4H3,(H,17,19). The topological polar surface area (TPSA) is 41.1 Å². The van der Waals surface area contributed by atoms with Crippen molar-refractivity contribution < 1.29 is 4.79 Å². The van der Waals surface area contributed by atoms with E-state index in [2.05, 4.69) is 44.4 Å². The molecule has 19 heavy (non-hydrogen) atoms. The van der Waals surface area contributed by atoms with E-state index in [1.807, 2.05) is 0 Å². The van der Waals surface area contributed by atoms with Gasteiger partial charge in [-0.2, -0.15) is 0 Å². The molecule has 2 rings (SSSR count). The van der Waals surface area contributed by atoms with Crippen molar-refractivity contribution >= 4 is 5.91 Å². The van der Waals surface area contributed by atoms with Crippen LogP contribution in [-0.2, 0) is 0 Å². The molecule has 1 fully saturated rings. The largest absolute Gasteiger partial charge is 0.349 e. The maximum atomic E-state index is 12.2. The molecule has 0 spiro atoms. The van der Waals surface area contributed by atoms with Gasteiger partial charge in [0.25, 0.3) is 5.91 Å². The lowest BCUT2D eigenvalue weighted by atomic mass is 9.79. The summed E-state index contributed by atoms with van der Waals surface area (Å²) < 4.78 is 0. The summed E-state index contributed by atoms with van der Waals surface area (Å²) in [6.07, 6.45) is 1.89. The summed E-state index contributed by atoms with van der Waals surface area (Å²) in [5.41, 5.74) is 0.793. The lowest BCUT2D eigenvalue weighted by molar-refractivity contribution is 0.0873. The fraction of sp³-hybridized carbons (Fsp3) is 0.562.